The minimum Gasteiger partial charge on any atom is -0.377 e. The van der Waals surface area contributed by atoms with Gasteiger partial charge in [0.15, 0.2) is 0 Å². The predicted molar refractivity (Wildman–Crippen MR) is 89.3 cm³/mol. The van der Waals surface area contributed by atoms with Gasteiger partial charge in [0.1, 0.15) is 0 Å². The first-order valence-corrected chi connectivity index (χ1v) is 8.89. The molecule has 0 aliphatic rings. The maximum Gasteiger partial charge on any atom is 0.469 e. The molecule has 0 saturated heterocycles. The van der Waals surface area contributed by atoms with Crippen LogP contribution in [0.1, 0.15) is 12.0 Å². The van der Waals surface area contributed by atoms with Gasteiger partial charge in [-0.2, -0.15) is 10.2 Å². The highest BCUT2D eigenvalue weighted by Gasteiger charge is 2.12. The fraction of sp³-hybridized carbons (Fsp3) is 0.250. The van der Waals surface area contributed by atoms with Gasteiger partial charge >= 0.3 is 7.82 Å². The predicted octanol–water partition coefficient (Wildman–Crippen LogP) is 4.12. The summed E-state index contributed by atoms with van der Waals surface area (Å²) in [4.78, 5) is 17.1. The molecule has 0 aliphatic heterocycles. The van der Waals surface area contributed by atoms with Gasteiger partial charge < -0.3 is 14.5 Å². The molecule has 0 heterocycles. The number of azo groups is 1. The van der Waals surface area contributed by atoms with E-state index in [-0.39, 0.29) is 6.61 Å². The molecule has 0 aliphatic carbocycles. The summed E-state index contributed by atoms with van der Waals surface area (Å²) in [6.45, 7) is 0.727. The molecule has 2 aromatic carbocycles. The van der Waals surface area contributed by atoms with E-state index in [4.69, 9.17) is 14.5 Å². The first-order chi connectivity index (χ1) is 11.5. The largest absolute Gasteiger partial charge is 0.469 e. The summed E-state index contributed by atoms with van der Waals surface area (Å²) in [6.07, 6.45) is 0.411. The van der Waals surface area contributed by atoms with Crippen molar-refractivity contribution in [3.05, 3.63) is 60.2 Å². The molecular formula is C16H19N2O5P. The lowest BCUT2D eigenvalue weighted by Crippen LogP contribution is -2.00. The van der Waals surface area contributed by atoms with Crippen LogP contribution in [0.15, 0.2) is 64.8 Å². The number of phosphoric acid groups is 1. The van der Waals surface area contributed by atoms with Crippen LogP contribution in [0.2, 0.25) is 0 Å². The zero-order valence-corrected chi connectivity index (χ0v) is 13.9. The number of benzene rings is 2. The van der Waals surface area contributed by atoms with E-state index in [1.807, 2.05) is 54.6 Å². The van der Waals surface area contributed by atoms with Gasteiger partial charge in [-0.3, -0.25) is 4.52 Å². The van der Waals surface area contributed by atoms with Gasteiger partial charge in [-0.1, -0.05) is 30.3 Å². The molecule has 2 rings (SSSR count). The standard InChI is InChI=1S/C16H19N2O5P/c19-24(20,21)23-12-4-11-22-13-14-7-9-16(10-8-14)18-17-15-5-2-1-3-6-15/h1-3,5-10H,4,11-13H2,(H2,19,20,21). The lowest BCUT2D eigenvalue weighted by molar-refractivity contribution is 0.101. The topological polar surface area (TPSA) is 101 Å². The van der Waals surface area contributed by atoms with Crippen LogP contribution in [-0.4, -0.2) is 23.0 Å². The van der Waals surface area contributed by atoms with E-state index >= 15 is 0 Å². The van der Waals surface area contributed by atoms with Crippen LogP contribution >= 0.6 is 7.82 Å². The minimum atomic E-state index is -4.38. The Morgan fingerprint density at radius 1 is 0.875 bits per heavy atom. The lowest BCUT2D eigenvalue weighted by atomic mass is 10.2. The van der Waals surface area contributed by atoms with Gasteiger partial charge in [-0.05, 0) is 36.2 Å². The van der Waals surface area contributed by atoms with Gasteiger partial charge in [-0.25, -0.2) is 4.57 Å². The summed E-state index contributed by atoms with van der Waals surface area (Å²) in [7, 11) is -4.38. The first-order valence-electron chi connectivity index (χ1n) is 7.36. The number of nitrogens with zero attached hydrogens (tertiary/aromatic N) is 2. The van der Waals surface area contributed by atoms with Gasteiger partial charge in [0.25, 0.3) is 0 Å². The maximum absolute atomic E-state index is 10.5. The second kappa shape index (κ2) is 9.42. The van der Waals surface area contributed by atoms with E-state index in [0.717, 1.165) is 16.9 Å². The molecule has 0 fully saturated rings. The summed E-state index contributed by atoms with van der Waals surface area (Å²) in [5, 5.41) is 8.29. The molecule has 0 unspecified atom stereocenters. The monoisotopic (exact) mass is 350 g/mol. The highest BCUT2D eigenvalue weighted by molar-refractivity contribution is 7.46. The number of hydrogen-bond acceptors (Lipinski definition) is 5. The van der Waals surface area contributed by atoms with Gasteiger partial charge in [0.05, 0.1) is 24.6 Å². The van der Waals surface area contributed by atoms with Crippen LogP contribution in [-0.2, 0) is 20.4 Å². The lowest BCUT2D eigenvalue weighted by Gasteiger charge is -2.06. The molecule has 0 radical (unpaired) electrons. The Bertz CT molecular complexity index is 685. The number of hydrogen-bond donors (Lipinski definition) is 2. The van der Waals surface area contributed by atoms with Crippen LogP contribution in [0, 0.1) is 0 Å². The summed E-state index contributed by atoms with van der Waals surface area (Å²) in [5.41, 5.74) is 2.52. The van der Waals surface area contributed by atoms with Gasteiger partial charge in [-0.15, -0.1) is 0 Å². The minimum absolute atomic E-state index is 0.0386. The fourth-order valence-corrected chi connectivity index (χ4v) is 2.17. The summed E-state index contributed by atoms with van der Waals surface area (Å²) in [6, 6.07) is 17.0. The third kappa shape index (κ3) is 7.59. The van der Waals surface area contributed by atoms with Crippen molar-refractivity contribution in [1.82, 2.24) is 0 Å². The van der Waals surface area contributed by atoms with E-state index in [2.05, 4.69) is 14.8 Å². The van der Waals surface area contributed by atoms with Crippen LogP contribution in [0.25, 0.3) is 0 Å². The number of ether oxygens (including phenoxy) is 1. The highest BCUT2D eigenvalue weighted by atomic mass is 31.2. The molecule has 24 heavy (non-hydrogen) atoms. The second-order valence-corrected chi connectivity index (χ2v) is 6.17. The molecule has 0 aromatic heterocycles. The van der Waals surface area contributed by atoms with Crippen molar-refractivity contribution in [3.63, 3.8) is 0 Å². The van der Waals surface area contributed by atoms with Crippen molar-refractivity contribution in [2.75, 3.05) is 13.2 Å². The molecule has 0 atom stereocenters. The highest BCUT2D eigenvalue weighted by Crippen LogP contribution is 2.35. The average Bonchev–Trinajstić information content (AvgIpc) is 2.57. The molecule has 0 bridgehead atoms. The number of phosphoric ester groups is 1. The maximum atomic E-state index is 10.5. The molecule has 0 amide bonds. The zero-order valence-electron chi connectivity index (χ0n) is 13.0. The molecule has 128 valence electrons. The Labute approximate surface area is 140 Å². The van der Waals surface area contributed by atoms with E-state index in [1.165, 1.54) is 0 Å². The zero-order chi connectivity index (χ0) is 17.3. The Hall–Kier alpha value is -1.89. The van der Waals surface area contributed by atoms with Crippen molar-refractivity contribution in [3.8, 4) is 0 Å². The first kappa shape index (κ1) is 18.4. The molecule has 7 nitrogen and oxygen atoms in total. The SMILES string of the molecule is O=P(O)(O)OCCCOCc1ccc(N=Nc2ccccc2)cc1. The quantitative estimate of drug-likeness (QED) is 0.402. The normalized spacial score (nSPS) is 11.9. The summed E-state index contributed by atoms with van der Waals surface area (Å²) in [5.74, 6) is 0. The van der Waals surface area contributed by atoms with Crippen molar-refractivity contribution in [2.45, 2.75) is 13.0 Å². The third-order valence-electron chi connectivity index (χ3n) is 2.93. The Morgan fingerprint density at radius 3 is 2.12 bits per heavy atom. The van der Waals surface area contributed by atoms with Crippen molar-refractivity contribution < 1.29 is 23.6 Å². The number of rotatable bonds is 9. The molecule has 0 saturated carbocycles. The van der Waals surface area contributed by atoms with Gasteiger partial charge in [0.2, 0.25) is 0 Å². The molecular weight excluding hydrogens is 331 g/mol. The molecule has 8 heteroatoms. The fourth-order valence-electron chi connectivity index (χ4n) is 1.80. The average molecular weight is 350 g/mol. The molecule has 2 N–H and O–H groups in total. The summed E-state index contributed by atoms with van der Waals surface area (Å²) >= 11 is 0. The van der Waals surface area contributed by atoms with E-state index in [0.29, 0.717) is 19.6 Å². The van der Waals surface area contributed by atoms with Crippen molar-refractivity contribution in [2.24, 2.45) is 10.2 Å². The second-order valence-electron chi connectivity index (χ2n) is 4.93. The third-order valence-corrected chi connectivity index (χ3v) is 3.45. The van der Waals surface area contributed by atoms with E-state index in [1.54, 1.807) is 0 Å². The van der Waals surface area contributed by atoms with E-state index in [9.17, 15) is 4.57 Å². The Kier molecular flexibility index (Phi) is 7.24. The van der Waals surface area contributed by atoms with Crippen LogP contribution in [0.3, 0.4) is 0 Å². The van der Waals surface area contributed by atoms with Crippen molar-refractivity contribution >= 4 is 19.2 Å². The van der Waals surface area contributed by atoms with Crippen LogP contribution < -0.4 is 0 Å². The molecule has 0 spiro atoms. The summed E-state index contributed by atoms with van der Waals surface area (Å²) < 4.78 is 20.2. The Balaban J connectivity index is 1.70. The van der Waals surface area contributed by atoms with E-state index < -0.39 is 7.82 Å². The smallest absolute Gasteiger partial charge is 0.377 e. The van der Waals surface area contributed by atoms with Crippen LogP contribution in [0.4, 0.5) is 11.4 Å². The van der Waals surface area contributed by atoms with Crippen LogP contribution in [0.5, 0.6) is 0 Å². The Morgan fingerprint density at radius 2 is 1.50 bits per heavy atom. The molecule has 2 aromatic rings. The van der Waals surface area contributed by atoms with Gasteiger partial charge in [0, 0.05) is 6.61 Å². The van der Waals surface area contributed by atoms with Crippen molar-refractivity contribution in [1.29, 1.82) is 0 Å².